The minimum absolute atomic E-state index is 0.00766. The van der Waals surface area contributed by atoms with E-state index in [9.17, 15) is 122 Å². The molecule has 0 bridgehead atoms. The molecule has 0 heterocycles. The third-order valence-electron chi connectivity index (χ3n) is 19.9. The number of thiol groups is 1. The lowest BCUT2D eigenvalue weighted by Gasteiger charge is -2.29. The predicted molar refractivity (Wildman–Crippen MR) is 452 cm³/mol. The Labute approximate surface area is 723 Å². The van der Waals surface area contributed by atoms with Crippen LogP contribution in [0.25, 0.3) is 0 Å². The zero-order valence-corrected chi connectivity index (χ0v) is 72.6. The fraction of sp³-hybridized carbons (Fsp3) is 0.695. The Morgan fingerprint density at radius 2 is 0.707 bits per heavy atom. The summed E-state index contributed by atoms with van der Waals surface area (Å²) in [5, 5.41) is 89.7. The van der Waals surface area contributed by atoms with Crippen LogP contribution >= 0.6 is 12.6 Å². The molecule has 0 spiro atoms. The van der Waals surface area contributed by atoms with E-state index in [1.54, 1.807) is 0 Å². The van der Waals surface area contributed by atoms with E-state index >= 15 is 0 Å². The van der Waals surface area contributed by atoms with Crippen molar-refractivity contribution >= 4 is 125 Å². The minimum atomic E-state index is -2.17. The van der Waals surface area contributed by atoms with Crippen LogP contribution in [0.15, 0.2) is 24.3 Å². The molecule has 0 fully saturated rings. The molecule has 123 heavy (non-hydrogen) atoms. The Morgan fingerprint density at radius 1 is 0.350 bits per heavy atom. The molecule has 0 aliphatic heterocycles. The molecular weight excluding hydrogens is 1630 g/mol. The maximum Gasteiger partial charge on any atom is 0.305 e. The molecule has 0 aliphatic carbocycles. The van der Waals surface area contributed by atoms with Crippen LogP contribution in [-0.2, 0) is 97.5 Å². The van der Waals surface area contributed by atoms with Gasteiger partial charge in [0.15, 0.2) is 0 Å². The molecule has 0 aliphatic rings. The van der Waals surface area contributed by atoms with Crippen molar-refractivity contribution in [1.82, 2.24) is 69.1 Å². The number of carbonyl (C=O) groups is 19. The van der Waals surface area contributed by atoms with E-state index in [2.05, 4.69) is 95.6 Å². The second-order valence-electron chi connectivity index (χ2n) is 31.1. The highest BCUT2D eigenvalue weighted by Gasteiger charge is 2.39. The van der Waals surface area contributed by atoms with Gasteiger partial charge in [-0.15, -0.1) is 0 Å². The van der Waals surface area contributed by atoms with Crippen molar-refractivity contribution < 1.29 is 122 Å². The molecule has 0 saturated heterocycles. The number of carboxylic acid groups (broad SMARTS) is 4. The second-order valence-corrected chi connectivity index (χ2v) is 31.5. The number of carbonyl (C=O) groups excluding carboxylic acids is 15. The van der Waals surface area contributed by atoms with Crippen molar-refractivity contribution in [2.45, 2.75) is 339 Å². The van der Waals surface area contributed by atoms with Crippen LogP contribution < -0.4 is 80.6 Å². The number of unbranched alkanes of at least 4 members (excludes halogenated alkanes) is 20. The molecule has 1 unspecified atom stereocenters. The molecule has 15 amide bonds. The molecule has 23 N–H and O–H groups in total. The first-order valence-electron chi connectivity index (χ1n) is 42.6. The zero-order valence-electron chi connectivity index (χ0n) is 71.7. The molecule has 12 atom stereocenters. The number of hydrogen-bond donors (Lipinski definition) is 22. The number of carboxylic acids is 4. The Kier molecular flexibility index (Phi) is 56.7. The third kappa shape index (κ3) is 50.4. The molecule has 41 heteroatoms. The van der Waals surface area contributed by atoms with Gasteiger partial charge in [0.25, 0.3) is 0 Å². The van der Waals surface area contributed by atoms with Gasteiger partial charge in [0, 0.05) is 63.8 Å². The van der Waals surface area contributed by atoms with Crippen LogP contribution in [0, 0.1) is 5.92 Å². The number of nitrogens with two attached hydrogens (primary N) is 2. The number of nitrogens with one attached hydrogen (secondary N) is 13. The third-order valence-corrected chi connectivity index (χ3v) is 20.2. The van der Waals surface area contributed by atoms with Gasteiger partial charge in [0.05, 0.1) is 18.9 Å². The zero-order chi connectivity index (χ0) is 92.5. The van der Waals surface area contributed by atoms with Gasteiger partial charge in [-0.05, 0) is 76.0 Å². The molecule has 0 radical (unpaired) electrons. The molecule has 1 rings (SSSR count). The van der Waals surface area contributed by atoms with Crippen LogP contribution in [-0.4, -0.2) is 235 Å². The molecular formula is C82H135N15O25S. The number of aliphatic hydroxyl groups excluding tert-OH is 1. The van der Waals surface area contributed by atoms with Gasteiger partial charge in [0.1, 0.15) is 72.2 Å². The van der Waals surface area contributed by atoms with Crippen molar-refractivity contribution in [1.29, 1.82) is 0 Å². The van der Waals surface area contributed by atoms with Gasteiger partial charge in [-0.3, -0.25) is 91.1 Å². The summed E-state index contributed by atoms with van der Waals surface area (Å²) in [7, 11) is 0. The Balaban J connectivity index is 3.26. The number of hydrogen-bond acceptors (Lipinski definition) is 22. The second kappa shape index (κ2) is 63.2. The van der Waals surface area contributed by atoms with Crippen molar-refractivity contribution in [2.24, 2.45) is 17.4 Å². The van der Waals surface area contributed by atoms with Crippen molar-refractivity contribution in [3.05, 3.63) is 29.8 Å². The number of rotatable bonds is 70. The van der Waals surface area contributed by atoms with Gasteiger partial charge >= 0.3 is 23.9 Å². The van der Waals surface area contributed by atoms with E-state index in [4.69, 9.17) is 11.5 Å². The quantitative estimate of drug-likeness (QED) is 0.0321. The number of aliphatic carboxylic acids is 4. The standard InChI is InChI=1S/C82H135N15O25S/c1-7-9-11-13-15-17-19-21-23-25-27-30-63(101)86-47-60(88-65(103)31-28-26-24-22-20-18-16-14-12-10-8-2)74(114)85-43-29-32-64(102)87-50(5)73(113)89-54(37-40-62(83)100)76(116)93-58(45-68(108)109)78(118)90-55(38-41-66(104)105)77(117)95-61(48-123)80(120)94-59(46-69(110)111)79(119)96-70(49(3)4)81(121)97-71(51(6)98)82(122)91-56(39-42-67(106)107)75(115)92-57(72(84)112)44-52-33-35-53(99)36-34-52/h33-36,49-51,54-61,70-71,98-99,123H,7-32,37-48H2,1-6H3,(H2,83,100)(H2,84,112)(H,85,114)(H,86,101)(H,87,102)(H,88,103)(H,89,113)(H,90,118)(H,91,122)(H,92,115)(H,93,116)(H,94,120)(H,95,117)(H,96,119)(H,97,121)(H,104,105)(H,106,107)(H,108,109)(H,110,111)/t50-,51+,54-,55-,56-,57-,58-,59-,60?,61-,70-,71+/m0/s1. The van der Waals surface area contributed by atoms with Gasteiger partial charge in [-0.2, -0.15) is 12.6 Å². The Morgan fingerprint density at radius 3 is 1.13 bits per heavy atom. The van der Waals surface area contributed by atoms with Crippen LogP contribution in [0.1, 0.15) is 265 Å². The van der Waals surface area contributed by atoms with E-state index in [0.29, 0.717) is 18.4 Å². The van der Waals surface area contributed by atoms with Crippen LogP contribution in [0.3, 0.4) is 0 Å². The average molecular weight is 1760 g/mol. The summed E-state index contributed by atoms with van der Waals surface area (Å²) >= 11 is 4.08. The normalized spacial score (nSPS) is 14.0. The van der Waals surface area contributed by atoms with Gasteiger partial charge in [0.2, 0.25) is 88.6 Å². The summed E-state index contributed by atoms with van der Waals surface area (Å²) in [6.45, 7) is 9.07. The maximum absolute atomic E-state index is 14.0. The molecule has 40 nitrogen and oxygen atoms in total. The van der Waals surface area contributed by atoms with E-state index in [1.807, 2.05) is 0 Å². The average Bonchev–Trinajstić information content (AvgIpc) is 0.846. The van der Waals surface area contributed by atoms with Gasteiger partial charge < -0.3 is 111 Å². The summed E-state index contributed by atoms with van der Waals surface area (Å²) in [5.74, 6) is -23.8. The summed E-state index contributed by atoms with van der Waals surface area (Å²) in [4.78, 5) is 250. The number of phenols is 1. The molecule has 1 aromatic rings. The summed E-state index contributed by atoms with van der Waals surface area (Å²) < 4.78 is 0. The summed E-state index contributed by atoms with van der Waals surface area (Å²) in [6.07, 6.45) is 15.4. The van der Waals surface area contributed by atoms with E-state index in [1.165, 1.54) is 122 Å². The highest BCUT2D eigenvalue weighted by Crippen LogP contribution is 2.17. The lowest BCUT2D eigenvalue weighted by atomic mass is 10.0. The predicted octanol–water partition coefficient (Wildman–Crippen LogP) is 1.10. The number of aliphatic hydroxyl groups is 1. The van der Waals surface area contributed by atoms with E-state index < -0.39 is 236 Å². The fourth-order valence-corrected chi connectivity index (χ4v) is 12.9. The minimum Gasteiger partial charge on any atom is -0.508 e. The van der Waals surface area contributed by atoms with Gasteiger partial charge in [-0.25, -0.2) is 0 Å². The molecule has 0 aromatic heterocycles. The van der Waals surface area contributed by atoms with Crippen LogP contribution in [0.4, 0.5) is 0 Å². The number of phenolic OH excluding ortho intramolecular Hbond substituents is 1. The van der Waals surface area contributed by atoms with Crippen LogP contribution in [0.5, 0.6) is 5.75 Å². The highest BCUT2D eigenvalue weighted by molar-refractivity contribution is 7.80. The summed E-state index contributed by atoms with van der Waals surface area (Å²) in [6, 6.07) is -14.1. The van der Waals surface area contributed by atoms with Crippen molar-refractivity contribution in [3.63, 3.8) is 0 Å². The molecule has 0 saturated carbocycles. The van der Waals surface area contributed by atoms with Gasteiger partial charge in [-0.1, -0.05) is 168 Å². The lowest BCUT2D eigenvalue weighted by Crippen LogP contribution is -2.62. The molecule has 1 aromatic carbocycles. The maximum atomic E-state index is 14.0. The monoisotopic (exact) mass is 1760 g/mol. The highest BCUT2D eigenvalue weighted by atomic mass is 32.1. The van der Waals surface area contributed by atoms with Crippen LogP contribution in [0.2, 0.25) is 0 Å². The lowest BCUT2D eigenvalue weighted by molar-refractivity contribution is -0.142. The van der Waals surface area contributed by atoms with E-state index in [-0.39, 0.29) is 62.8 Å². The number of amides is 15. The molecule has 694 valence electrons. The Hall–Kier alpha value is -10.7. The number of primary amides is 2. The topological polar surface area (TPSA) is 654 Å². The Bertz CT molecular complexity index is 3570. The first-order chi connectivity index (χ1) is 58.2. The van der Waals surface area contributed by atoms with Crippen molar-refractivity contribution in [2.75, 3.05) is 18.8 Å². The first-order valence-corrected chi connectivity index (χ1v) is 43.2. The number of benzene rings is 1. The fourth-order valence-electron chi connectivity index (χ4n) is 12.7. The number of aromatic hydroxyl groups is 1. The smallest absolute Gasteiger partial charge is 0.305 e. The van der Waals surface area contributed by atoms with Crippen molar-refractivity contribution in [3.8, 4) is 5.75 Å². The summed E-state index contributed by atoms with van der Waals surface area (Å²) in [5.41, 5.74) is 11.3. The largest absolute Gasteiger partial charge is 0.508 e. The first kappa shape index (κ1) is 110. The van der Waals surface area contributed by atoms with E-state index in [0.717, 1.165) is 58.3 Å². The SMILES string of the molecule is CCCCCCCCCCCCCC(=O)NCC(NC(=O)CCCCCCCCCCCCC)C(=O)NCCCC(=O)N[C@@H](C)C(=O)N[C@@H](CCC(N)=O)C(=O)N[C@@H](CC(=O)O)C(=O)N[C@@H](CCC(=O)O)C(=O)N[C@@H](CS)C(=O)N[C@@H](CC(=O)O)C(=O)N[C@H](C(=O)N[C@@H](C(=O)N[C@@H](CCC(=O)O)C(=O)N[C@@H](Cc1ccc(O)cc1)C(N)=O)[C@@H](C)O)C(C)C.